The third-order valence-corrected chi connectivity index (χ3v) is 2.56. The zero-order valence-corrected chi connectivity index (χ0v) is 9.61. The van der Waals surface area contributed by atoms with Crippen molar-refractivity contribution in [2.45, 2.75) is 26.1 Å². The van der Waals surface area contributed by atoms with E-state index >= 15 is 0 Å². The SMILES string of the molecule is C[C@@H]1CN(c2ccc(Cl)nn2)C[C@@H](C)O1. The topological polar surface area (TPSA) is 38.2 Å². The van der Waals surface area contributed by atoms with Gasteiger partial charge in [-0.15, -0.1) is 10.2 Å². The highest BCUT2D eigenvalue weighted by atomic mass is 35.5. The van der Waals surface area contributed by atoms with Crippen LogP contribution in [-0.4, -0.2) is 35.5 Å². The third-order valence-electron chi connectivity index (χ3n) is 2.36. The fourth-order valence-corrected chi connectivity index (χ4v) is 1.94. The Balaban J connectivity index is 2.12. The lowest BCUT2D eigenvalue weighted by molar-refractivity contribution is -0.00550. The van der Waals surface area contributed by atoms with E-state index in [2.05, 4.69) is 28.9 Å². The maximum Gasteiger partial charge on any atom is 0.151 e. The quantitative estimate of drug-likeness (QED) is 0.733. The molecule has 2 heterocycles. The smallest absolute Gasteiger partial charge is 0.151 e. The van der Waals surface area contributed by atoms with E-state index in [1.165, 1.54) is 0 Å². The first-order chi connectivity index (χ1) is 7.15. The zero-order chi connectivity index (χ0) is 10.8. The molecule has 1 aliphatic heterocycles. The number of ether oxygens (including phenoxy) is 1. The fourth-order valence-electron chi connectivity index (χ4n) is 1.84. The standard InChI is InChI=1S/C10H14ClN3O/c1-7-5-14(6-8(2)15-7)10-4-3-9(11)12-13-10/h3-4,7-8H,5-6H2,1-2H3/t7-,8-/m1/s1. The van der Waals surface area contributed by atoms with Crippen LogP contribution < -0.4 is 4.90 Å². The van der Waals surface area contributed by atoms with E-state index < -0.39 is 0 Å². The van der Waals surface area contributed by atoms with E-state index in [1.807, 2.05) is 6.07 Å². The van der Waals surface area contributed by atoms with E-state index in [0.29, 0.717) is 5.15 Å². The summed E-state index contributed by atoms with van der Waals surface area (Å²) in [7, 11) is 0. The Kier molecular flexibility index (Phi) is 3.07. The molecule has 1 aliphatic rings. The maximum atomic E-state index is 5.69. The van der Waals surface area contributed by atoms with Crippen LogP contribution in [0, 0.1) is 0 Å². The summed E-state index contributed by atoms with van der Waals surface area (Å²) in [6.45, 7) is 5.82. The van der Waals surface area contributed by atoms with Gasteiger partial charge >= 0.3 is 0 Å². The molecule has 4 nitrogen and oxygen atoms in total. The minimum absolute atomic E-state index is 0.228. The summed E-state index contributed by atoms with van der Waals surface area (Å²) in [5.74, 6) is 0.862. The average molecular weight is 228 g/mol. The molecule has 0 bridgehead atoms. The molecule has 1 aromatic rings. The van der Waals surface area contributed by atoms with Crippen molar-refractivity contribution in [3.05, 3.63) is 17.3 Å². The molecule has 15 heavy (non-hydrogen) atoms. The molecular formula is C10H14ClN3O. The van der Waals surface area contributed by atoms with E-state index in [4.69, 9.17) is 16.3 Å². The number of morpholine rings is 1. The van der Waals surface area contributed by atoms with E-state index in [-0.39, 0.29) is 12.2 Å². The van der Waals surface area contributed by atoms with Gasteiger partial charge in [-0.25, -0.2) is 0 Å². The Morgan fingerprint density at radius 2 is 1.93 bits per heavy atom. The van der Waals surface area contributed by atoms with Crippen LogP contribution in [0.2, 0.25) is 5.15 Å². The Bertz CT molecular complexity index is 320. The van der Waals surface area contributed by atoms with Crippen LogP contribution in [0.5, 0.6) is 0 Å². The number of hydrogen-bond donors (Lipinski definition) is 0. The number of nitrogens with zero attached hydrogens (tertiary/aromatic N) is 3. The molecule has 1 fully saturated rings. The summed E-state index contributed by atoms with van der Waals surface area (Å²) in [5.41, 5.74) is 0. The average Bonchev–Trinajstić information content (AvgIpc) is 2.17. The largest absolute Gasteiger partial charge is 0.372 e. The highest BCUT2D eigenvalue weighted by Crippen LogP contribution is 2.18. The molecule has 0 saturated carbocycles. The lowest BCUT2D eigenvalue weighted by Gasteiger charge is -2.35. The predicted octanol–water partition coefficient (Wildman–Crippen LogP) is 1.74. The van der Waals surface area contributed by atoms with Gasteiger partial charge in [0.05, 0.1) is 12.2 Å². The van der Waals surface area contributed by atoms with Gasteiger partial charge in [-0.2, -0.15) is 0 Å². The summed E-state index contributed by atoms with van der Waals surface area (Å²) < 4.78 is 5.65. The highest BCUT2D eigenvalue weighted by molar-refractivity contribution is 6.29. The molecule has 0 spiro atoms. The van der Waals surface area contributed by atoms with Gasteiger partial charge in [-0.3, -0.25) is 0 Å². The van der Waals surface area contributed by atoms with Gasteiger partial charge in [0.1, 0.15) is 0 Å². The number of aromatic nitrogens is 2. The molecular weight excluding hydrogens is 214 g/mol. The molecule has 5 heteroatoms. The summed E-state index contributed by atoms with van der Waals surface area (Å²) in [6.07, 6.45) is 0.456. The van der Waals surface area contributed by atoms with Gasteiger partial charge in [0.15, 0.2) is 11.0 Å². The van der Waals surface area contributed by atoms with Gasteiger partial charge in [-0.05, 0) is 26.0 Å². The maximum absolute atomic E-state index is 5.69. The lowest BCUT2D eigenvalue weighted by atomic mass is 10.2. The van der Waals surface area contributed by atoms with Gasteiger partial charge in [0, 0.05) is 13.1 Å². The number of halogens is 1. The number of anilines is 1. The first-order valence-electron chi connectivity index (χ1n) is 5.05. The molecule has 0 aromatic carbocycles. The van der Waals surface area contributed by atoms with Crippen molar-refractivity contribution in [3.63, 3.8) is 0 Å². The zero-order valence-electron chi connectivity index (χ0n) is 8.85. The van der Waals surface area contributed by atoms with Crippen LogP contribution in [0.15, 0.2) is 12.1 Å². The molecule has 2 atom stereocenters. The van der Waals surface area contributed by atoms with E-state index in [1.54, 1.807) is 6.07 Å². The molecule has 1 aromatic heterocycles. The summed E-state index contributed by atoms with van der Waals surface area (Å²) in [5, 5.41) is 8.32. The Hall–Kier alpha value is -0.870. The van der Waals surface area contributed by atoms with Crippen molar-refractivity contribution in [3.8, 4) is 0 Å². The second-order valence-corrected chi connectivity index (χ2v) is 4.26. The van der Waals surface area contributed by atoms with Gasteiger partial charge < -0.3 is 9.64 Å². The minimum atomic E-state index is 0.228. The molecule has 0 N–H and O–H groups in total. The van der Waals surface area contributed by atoms with Crippen molar-refractivity contribution in [2.75, 3.05) is 18.0 Å². The van der Waals surface area contributed by atoms with Crippen molar-refractivity contribution >= 4 is 17.4 Å². The van der Waals surface area contributed by atoms with Crippen LogP contribution in [0.3, 0.4) is 0 Å². The van der Waals surface area contributed by atoms with Crippen LogP contribution in [0.4, 0.5) is 5.82 Å². The Morgan fingerprint density at radius 1 is 1.27 bits per heavy atom. The van der Waals surface area contributed by atoms with Gasteiger partial charge in [0.2, 0.25) is 0 Å². The van der Waals surface area contributed by atoms with Crippen molar-refractivity contribution in [1.82, 2.24) is 10.2 Å². The Labute approximate surface area is 94.2 Å². The molecule has 0 amide bonds. The molecule has 82 valence electrons. The summed E-state index contributed by atoms with van der Waals surface area (Å²) >= 11 is 5.69. The van der Waals surface area contributed by atoms with Crippen LogP contribution in [-0.2, 0) is 4.74 Å². The number of rotatable bonds is 1. The molecule has 0 unspecified atom stereocenters. The predicted molar refractivity (Wildman–Crippen MR) is 59.3 cm³/mol. The molecule has 2 rings (SSSR count). The van der Waals surface area contributed by atoms with Gasteiger partial charge in [-0.1, -0.05) is 11.6 Å². The highest BCUT2D eigenvalue weighted by Gasteiger charge is 2.23. The van der Waals surface area contributed by atoms with Crippen molar-refractivity contribution < 1.29 is 4.74 Å². The summed E-state index contributed by atoms with van der Waals surface area (Å²) in [6, 6.07) is 3.65. The van der Waals surface area contributed by atoms with Crippen LogP contribution in [0.1, 0.15) is 13.8 Å². The van der Waals surface area contributed by atoms with E-state index in [0.717, 1.165) is 18.9 Å². The molecule has 1 saturated heterocycles. The van der Waals surface area contributed by atoms with E-state index in [9.17, 15) is 0 Å². The third kappa shape index (κ3) is 2.58. The van der Waals surface area contributed by atoms with Crippen LogP contribution in [0.25, 0.3) is 0 Å². The van der Waals surface area contributed by atoms with Crippen LogP contribution >= 0.6 is 11.6 Å². The van der Waals surface area contributed by atoms with Crippen molar-refractivity contribution in [2.24, 2.45) is 0 Å². The van der Waals surface area contributed by atoms with Crippen molar-refractivity contribution in [1.29, 1.82) is 0 Å². The fraction of sp³-hybridized carbons (Fsp3) is 0.600. The first-order valence-corrected chi connectivity index (χ1v) is 5.42. The lowest BCUT2D eigenvalue weighted by Crippen LogP contribution is -2.45. The first kappa shape index (κ1) is 10.6. The molecule has 0 radical (unpaired) electrons. The Morgan fingerprint density at radius 3 is 2.47 bits per heavy atom. The molecule has 0 aliphatic carbocycles. The second-order valence-electron chi connectivity index (χ2n) is 3.88. The summed E-state index contributed by atoms with van der Waals surface area (Å²) in [4.78, 5) is 2.17. The second kappa shape index (κ2) is 4.33. The number of hydrogen-bond acceptors (Lipinski definition) is 4. The minimum Gasteiger partial charge on any atom is -0.372 e. The monoisotopic (exact) mass is 227 g/mol. The normalized spacial score (nSPS) is 26.7. The van der Waals surface area contributed by atoms with Gasteiger partial charge in [0.25, 0.3) is 0 Å².